The summed E-state index contributed by atoms with van der Waals surface area (Å²) < 4.78 is 11.0. The number of rotatable bonds is 4. The van der Waals surface area contributed by atoms with Gasteiger partial charge in [0.25, 0.3) is 0 Å². The second-order valence-corrected chi connectivity index (χ2v) is 5.86. The lowest BCUT2D eigenvalue weighted by Crippen LogP contribution is -2.44. The van der Waals surface area contributed by atoms with E-state index in [2.05, 4.69) is 13.8 Å². The highest BCUT2D eigenvalue weighted by Gasteiger charge is 2.36. The van der Waals surface area contributed by atoms with Crippen LogP contribution in [0.1, 0.15) is 32.3 Å². The van der Waals surface area contributed by atoms with Crippen LogP contribution in [0.15, 0.2) is 24.3 Å². The van der Waals surface area contributed by atoms with E-state index >= 15 is 0 Å². The summed E-state index contributed by atoms with van der Waals surface area (Å²) in [5.41, 5.74) is 0.464. The zero-order valence-electron chi connectivity index (χ0n) is 12.1. The van der Waals surface area contributed by atoms with E-state index in [1.807, 2.05) is 24.3 Å². The average Bonchev–Trinajstić information content (AvgIpc) is 2.38. The zero-order chi connectivity index (χ0) is 13.9. The van der Waals surface area contributed by atoms with Crippen molar-refractivity contribution in [3.8, 4) is 5.75 Å². The molecule has 0 bridgehead atoms. The van der Waals surface area contributed by atoms with Crippen LogP contribution in [-0.4, -0.2) is 30.5 Å². The summed E-state index contributed by atoms with van der Waals surface area (Å²) in [6.45, 7) is 4.92. The highest BCUT2D eigenvalue weighted by molar-refractivity contribution is 5.29. The lowest BCUT2D eigenvalue weighted by Gasteiger charge is -2.38. The summed E-state index contributed by atoms with van der Waals surface area (Å²) in [5.74, 6) is 1.28. The Bertz CT molecular complexity index is 416. The third kappa shape index (κ3) is 3.71. The van der Waals surface area contributed by atoms with E-state index in [9.17, 15) is 5.11 Å². The van der Waals surface area contributed by atoms with E-state index in [0.29, 0.717) is 31.8 Å². The van der Waals surface area contributed by atoms with Crippen molar-refractivity contribution in [1.82, 2.24) is 0 Å². The molecule has 0 spiro atoms. The number of aliphatic hydroxyl groups is 1. The molecule has 1 aromatic carbocycles. The normalized spacial score (nSPS) is 27.5. The van der Waals surface area contributed by atoms with Crippen LogP contribution in [0.2, 0.25) is 0 Å². The molecular formula is C16H24O3. The summed E-state index contributed by atoms with van der Waals surface area (Å²) in [7, 11) is 1.66. The van der Waals surface area contributed by atoms with Gasteiger partial charge in [0.15, 0.2) is 0 Å². The van der Waals surface area contributed by atoms with Crippen molar-refractivity contribution in [3.05, 3.63) is 29.8 Å². The highest BCUT2D eigenvalue weighted by atomic mass is 16.5. The maximum Gasteiger partial charge on any atom is 0.119 e. The van der Waals surface area contributed by atoms with Gasteiger partial charge in [-0.05, 0) is 30.0 Å². The predicted octanol–water partition coefficient (Wildman–Crippen LogP) is 2.80. The third-order valence-corrected chi connectivity index (χ3v) is 3.89. The fourth-order valence-electron chi connectivity index (χ4n) is 2.69. The number of ether oxygens (including phenoxy) is 2. The van der Waals surface area contributed by atoms with Gasteiger partial charge in [-0.2, -0.15) is 0 Å². The van der Waals surface area contributed by atoms with Gasteiger partial charge in [-0.25, -0.2) is 0 Å². The second-order valence-electron chi connectivity index (χ2n) is 5.86. The van der Waals surface area contributed by atoms with Gasteiger partial charge in [-0.15, -0.1) is 0 Å². The summed E-state index contributed by atoms with van der Waals surface area (Å²) in [5, 5.41) is 10.8. The van der Waals surface area contributed by atoms with Gasteiger partial charge in [-0.3, -0.25) is 0 Å². The van der Waals surface area contributed by atoms with Gasteiger partial charge in [0.2, 0.25) is 0 Å². The number of hydrogen-bond donors (Lipinski definition) is 1. The van der Waals surface area contributed by atoms with Crippen LogP contribution in [0.25, 0.3) is 0 Å². The maximum absolute atomic E-state index is 10.8. The van der Waals surface area contributed by atoms with E-state index in [-0.39, 0.29) is 6.10 Å². The van der Waals surface area contributed by atoms with Crippen LogP contribution >= 0.6 is 0 Å². The molecule has 2 atom stereocenters. The SMILES string of the molecule is COc1cccc(CC2(O)CCOC(C(C)C)C2)c1. The first-order valence-corrected chi connectivity index (χ1v) is 6.99. The summed E-state index contributed by atoms with van der Waals surface area (Å²) >= 11 is 0. The molecule has 0 saturated carbocycles. The molecule has 19 heavy (non-hydrogen) atoms. The van der Waals surface area contributed by atoms with Crippen LogP contribution in [-0.2, 0) is 11.2 Å². The van der Waals surface area contributed by atoms with E-state index in [4.69, 9.17) is 9.47 Å². The Morgan fingerprint density at radius 2 is 2.26 bits per heavy atom. The Hall–Kier alpha value is -1.06. The summed E-state index contributed by atoms with van der Waals surface area (Å²) in [6.07, 6.45) is 2.23. The molecule has 1 heterocycles. The Morgan fingerprint density at radius 1 is 1.47 bits per heavy atom. The van der Waals surface area contributed by atoms with Crippen LogP contribution in [0, 0.1) is 5.92 Å². The minimum atomic E-state index is -0.653. The maximum atomic E-state index is 10.8. The highest BCUT2D eigenvalue weighted by Crippen LogP contribution is 2.32. The minimum absolute atomic E-state index is 0.157. The van der Waals surface area contributed by atoms with Crippen LogP contribution < -0.4 is 4.74 Å². The fourth-order valence-corrected chi connectivity index (χ4v) is 2.69. The van der Waals surface area contributed by atoms with E-state index < -0.39 is 5.60 Å². The molecule has 2 unspecified atom stereocenters. The molecule has 0 radical (unpaired) electrons. The topological polar surface area (TPSA) is 38.7 Å². The van der Waals surface area contributed by atoms with Crippen LogP contribution in [0.3, 0.4) is 0 Å². The van der Waals surface area contributed by atoms with Crippen molar-refractivity contribution in [2.24, 2.45) is 5.92 Å². The molecule has 1 aromatic rings. The molecule has 0 amide bonds. The molecule has 106 valence electrons. The molecule has 1 aliphatic heterocycles. The van der Waals surface area contributed by atoms with E-state index in [0.717, 1.165) is 11.3 Å². The monoisotopic (exact) mass is 264 g/mol. The van der Waals surface area contributed by atoms with E-state index in [1.54, 1.807) is 7.11 Å². The molecule has 0 aromatic heterocycles. The minimum Gasteiger partial charge on any atom is -0.497 e. The van der Waals surface area contributed by atoms with Crippen molar-refractivity contribution in [2.75, 3.05) is 13.7 Å². The Kier molecular flexibility index (Phi) is 4.48. The third-order valence-electron chi connectivity index (χ3n) is 3.89. The smallest absolute Gasteiger partial charge is 0.119 e. The largest absolute Gasteiger partial charge is 0.497 e. The van der Waals surface area contributed by atoms with Crippen LogP contribution in [0.4, 0.5) is 0 Å². The Morgan fingerprint density at radius 3 is 2.95 bits per heavy atom. The summed E-state index contributed by atoms with van der Waals surface area (Å²) in [4.78, 5) is 0. The molecule has 3 nitrogen and oxygen atoms in total. The summed E-state index contributed by atoms with van der Waals surface area (Å²) in [6, 6.07) is 7.93. The van der Waals surface area contributed by atoms with Crippen molar-refractivity contribution >= 4 is 0 Å². The molecule has 1 saturated heterocycles. The van der Waals surface area contributed by atoms with Gasteiger partial charge in [0.05, 0.1) is 18.8 Å². The zero-order valence-corrected chi connectivity index (χ0v) is 12.1. The van der Waals surface area contributed by atoms with Gasteiger partial charge < -0.3 is 14.6 Å². The molecule has 1 aliphatic rings. The lowest BCUT2D eigenvalue weighted by atomic mass is 9.82. The van der Waals surface area contributed by atoms with Gasteiger partial charge in [0, 0.05) is 19.4 Å². The molecule has 1 N–H and O–H groups in total. The van der Waals surface area contributed by atoms with Crippen molar-refractivity contribution in [3.63, 3.8) is 0 Å². The standard InChI is InChI=1S/C16H24O3/c1-12(2)15-11-16(17,7-8-19-15)10-13-5-4-6-14(9-13)18-3/h4-6,9,12,15,17H,7-8,10-11H2,1-3H3. The van der Waals surface area contributed by atoms with Crippen LogP contribution in [0.5, 0.6) is 5.75 Å². The van der Waals surface area contributed by atoms with Crippen molar-refractivity contribution in [2.45, 2.75) is 44.8 Å². The number of methoxy groups -OCH3 is 1. The molecule has 1 fully saturated rings. The quantitative estimate of drug-likeness (QED) is 0.909. The second kappa shape index (κ2) is 5.93. The average molecular weight is 264 g/mol. The fraction of sp³-hybridized carbons (Fsp3) is 0.625. The van der Waals surface area contributed by atoms with E-state index in [1.165, 1.54) is 0 Å². The van der Waals surface area contributed by atoms with Crippen molar-refractivity contribution in [1.29, 1.82) is 0 Å². The van der Waals surface area contributed by atoms with Crippen molar-refractivity contribution < 1.29 is 14.6 Å². The van der Waals surface area contributed by atoms with Gasteiger partial charge in [0.1, 0.15) is 5.75 Å². The number of hydrogen-bond acceptors (Lipinski definition) is 3. The molecule has 3 heteroatoms. The Balaban J connectivity index is 2.07. The first-order chi connectivity index (χ1) is 9.02. The number of benzene rings is 1. The molecular weight excluding hydrogens is 240 g/mol. The lowest BCUT2D eigenvalue weighted by molar-refractivity contribution is -0.116. The van der Waals surface area contributed by atoms with Gasteiger partial charge in [-0.1, -0.05) is 26.0 Å². The first-order valence-electron chi connectivity index (χ1n) is 6.99. The molecule has 0 aliphatic carbocycles. The first kappa shape index (κ1) is 14.4. The Labute approximate surface area is 115 Å². The van der Waals surface area contributed by atoms with Gasteiger partial charge >= 0.3 is 0 Å². The molecule has 2 rings (SSSR count). The predicted molar refractivity (Wildman–Crippen MR) is 75.5 cm³/mol.